The van der Waals surface area contributed by atoms with Gasteiger partial charge in [0.1, 0.15) is 18.2 Å². The minimum absolute atomic E-state index is 0.00715. The van der Waals surface area contributed by atoms with Crippen molar-refractivity contribution in [1.29, 1.82) is 0 Å². The molecular formula is C18H18F2N2O5S. The molecule has 0 aliphatic carbocycles. The topological polar surface area (TPSA) is 92.8 Å². The van der Waals surface area contributed by atoms with E-state index in [4.69, 9.17) is 4.74 Å². The fourth-order valence-corrected chi connectivity index (χ4v) is 3.24. The molecule has 0 saturated heterocycles. The minimum Gasteiger partial charge on any atom is -0.455 e. The van der Waals surface area contributed by atoms with Crippen molar-refractivity contribution in [3.05, 3.63) is 59.7 Å². The van der Waals surface area contributed by atoms with Crippen molar-refractivity contribution in [2.45, 2.75) is 11.8 Å². The fourth-order valence-electron chi connectivity index (χ4n) is 2.13. The van der Waals surface area contributed by atoms with Crippen LogP contribution in [0.3, 0.4) is 0 Å². The summed E-state index contributed by atoms with van der Waals surface area (Å²) in [6, 6.07) is 8.55. The third-order valence-corrected chi connectivity index (χ3v) is 5.47. The Morgan fingerprint density at radius 1 is 1.11 bits per heavy atom. The SMILES string of the molecule is Cc1ccc(S(=O)(=O)N(C)CC(=O)OCC(=O)Nc2cc(F)ccc2F)cc1. The zero-order valence-electron chi connectivity index (χ0n) is 15.1. The number of carbonyl (C=O) groups excluding carboxylic acids is 2. The summed E-state index contributed by atoms with van der Waals surface area (Å²) in [6.07, 6.45) is 0. The van der Waals surface area contributed by atoms with Crippen LogP contribution in [-0.2, 0) is 24.3 Å². The average Bonchev–Trinajstić information content (AvgIpc) is 2.63. The summed E-state index contributed by atoms with van der Waals surface area (Å²) < 4.78 is 56.8. The van der Waals surface area contributed by atoms with Gasteiger partial charge in [0.2, 0.25) is 10.0 Å². The van der Waals surface area contributed by atoms with Crippen molar-refractivity contribution < 1.29 is 31.5 Å². The molecule has 0 saturated carbocycles. The number of nitrogens with one attached hydrogen (secondary N) is 1. The number of carbonyl (C=O) groups is 2. The molecule has 0 heterocycles. The standard InChI is InChI=1S/C18H18F2N2O5S/c1-12-3-6-14(7-4-12)28(25,26)22(2)10-18(24)27-11-17(23)21-16-9-13(19)5-8-15(16)20/h3-9H,10-11H2,1-2H3,(H,21,23). The van der Waals surface area contributed by atoms with Gasteiger partial charge in [0.15, 0.2) is 6.61 Å². The molecule has 28 heavy (non-hydrogen) atoms. The zero-order valence-corrected chi connectivity index (χ0v) is 15.9. The van der Waals surface area contributed by atoms with Crippen molar-refractivity contribution in [3.8, 4) is 0 Å². The number of ether oxygens (including phenoxy) is 1. The maximum atomic E-state index is 13.5. The summed E-state index contributed by atoms with van der Waals surface area (Å²) in [5, 5.41) is 2.06. The zero-order chi connectivity index (χ0) is 20.9. The van der Waals surface area contributed by atoms with Crippen LogP contribution >= 0.6 is 0 Å². The molecule has 2 rings (SSSR count). The normalized spacial score (nSPS) is 11.3. The number of sulfonamides is 1. The van der Waals surface area contributed by atoms with E-state index in [1.165, 1.54) is 19.2 Å². The Hall–Kier alpha value is -2.85. The molecule has 0 atom stereocenters. The van der Waals surface area contributed by atoms with Crippen LogP contribution in [0, 0.1) is 18.6 Å². The monoisotopic (exact) mass is 412 g/mol. The number of anilines is 1. The second-order valence-electron chi connectivity index (χ2n) is 5.91. The van der Waals surface area contributed by atoms with Gasteiger partial charge < -0.3 is 10.1 Å². The second-order valence-corrected chi connectivity index (χ2v) is 7.95. The van der Waals surface area contributed by atoms with Gasteiger partial charge in [-0.2, -0.15) is 4.31 Å². The Morgan fingerprint density at radius 2 is 1.75 bits per heavy atom. The molecule has 150 valence electrons. The van der Waals surface area contributed by atoms with Crippen LogP contribution in [0.1, 0.15) is 5.56 Å². The van der Waals surface area contributed by atoms with Gasteiger partial charge in [0, 0.05) is 13.1 Å². The summed E-state index contributed by atoms with van der Waals surface area (Å²) >= 11 is 0. The first-order valence-electron chi connectivity index (χ1n) is 8.03. The molecule has 0 unspecified atom stereocenters. The number of nitrogens with zero attached hydrogens (tertiary/aromatic N) is 1. The Bertz CT molecular complexity index is 978. The number of rotatable bonds is 7. The quantitative estimate of drug-likeness (QED) is 0.703. The summed E-state index contributed by atoms with van der Waals surface area (Å²) in [4.78, 5) is 23.5. The molecule has 1 N–H and O–H groups in total. The molecule has 1 amide bonds. The Balaban J connectivity index is 1.90. The second kappa shape index (κ2) is 8.89. The Kier molecular flexibility index (Phi) is 6.81. The van der Waals surface area contributed by atoms with E-state index < -0.39 is 52.4 Å². The van der Waals surface area contributed by atoms with Crippen molar-refractivity contribution in [1.82, 2.24) is 4.31 Å². The van der Waals surface area contributed by atoms with E-state index in [0.717, 1.165) is 28.1 Å². The van der Waals surface area contributed by atoms with E-state index in [1.807, 2.05) is 0 Å². The number of likely N-dealkylation sites (N-methyl/N-ethyl adjacent to an activating group) is 1. The third-order valence-electron chi connectivity index (χ3n) is 3.65. The van der Waals surface area contributed by atoms with Crippen LogP contribution in [0.25, 0.3) is 0 Å². The fraction of sp³-hybridized carbons (Fsp3) is 0.222. The molecule has 0 spiro atoms. The van der Waals surface area contributed by atoms with E-state index in [2.05, 4.69) is 5.32 Å². The predicted molar refractivity (Wildman–Crippen MR) is 96.9 cm³/mol. The number of halogens is 2. The van der Waals surface area contributed by atoms with E-state index in [-0.39, 0.29) is 4.90 Å². The van der Waals surface area contributed by atoms with Crippen LogP contribution in [0.2, 0.25) is 0 Å². The highest BCUT2D eigenvalue weighted by Crippen LogP contribution is 2.16. The lowest BCUT2D eigenvalue weighted by atomic mass is 10.2. The van der Waals surface area contributed by atoms with Gasteiger partial charge in [-0.3, -0.25) is 9.59 Å². The summed E-state index contributed by atoms with van der Waals surface area (Å²) in [5.74, 6) is -3.49. The molecule has 2 aromatic rings. The lowest BCUT2D eigenvalue weighted by molar-refractivity contribution is -0.147. The predicted octanol–water partition coefficient (Wildman–Crippen LogP) is 2.08. The van der Waals surface area contributed by atoms with Gasteiger partial charge in [-0.1, -0.05) is 17.7 Å². The van der Waals surface area contributed by atoms with Crippen LogP contribution in [0.5, 0.6) is 0 Å². The van der Waals surface area contributed by atoms with E-state index in [1.54, 1.807) is 19.1 Å². The maximum absolute atomic E-state index is 13.5. The Morgan fingerprint density at radius 3 is 2.39 bits per heavy atom. The van der Waals surface area contributed by atoms with Gasteiger partial charge in [0.25, 0.3) is 5.91 Å². The molecule has 2 aromatic carbocycles. The largest absolute Gasteiger partial charge is 0.455 e. The van der Waals surface area contributed by atoms with E-state index in [9.17, 15) is 26.8 Å². The molecule has 0 fully saturated rings. The number of hydrogen-bond acceptors (Lipinski definition) is 5. The molecule has 0 bridgehead atoms. The lowest BCUT2D eigenvalue weighted by Crippen LogP contribution is -2.34. The van der Waals surface area contributed by atoms with Gasteiger partial charge in [0.05, 0.1) is 10.6 Å². The Labute approximate surface area is 161 Å². The van der Waals surface area contributed by atoms with Crippen LogP contribution in [0.15, 0.2) is 47.4 Å². The highest BCUT2D eigenvalue weighted by molar-refractivity contribution is 7.89. The van der Waals surface area contributed by atoms with Gasteiger partial charge in [-0.15, -0.1) is 0 Å². The van der Waals surface area contributed by atoms with E-state index in [0.29, 0.717) is 0 Å². The summed E-state index contributed by atoms with van der Waals surface area (Å²) in [5.41, 5.74) is 0.474. The molecule has 0 aromatic heterocycles. The molecule has 0 radical (unpaired) electrons. The smallest absolute Gasteiger partial charge is 0.321 e. The molecule has 0 aliphatic heterocycles. The number of hydrogen-bond donors (Lipinski definition) is 1. The lowest BCUT2D eigenvalue weighted by Gasteiger charge is -2.16. The number of esters is 1. The van der Waals surface area contributed by atoms with Crippen LogP contribution in [-0.4, -0.2) is 44.8 Å². The van der Waals surface area contributed by atoms with Crippen molar-refractivity contribution >= 4 is 27.6 Å². The molecule has 10 heteroatoms. The molecule has 7 nitrogen and oxygen atoms in total. The molecular weight excluding hydrogens is 394 g/mol. The first-order chi connectivity index (χ1) is 13.1. The summed E-state index contributed by atoms with van der Waals surface area (Å²) in [6.45, 7) is 0.392. The number of benzene rings is 2. The van der Waals surface area contributed by atoms with Crippen LogP contribution in [0.4, 0.5) is 14.5 Å². The highest BCUT2D eigenvalue weighted by Gasteiger charge is 2.23. The first kappa shape index (κ1) is 21.5. The third kappa shape index (κ3) is 5.57. The maximum Gasteiger partial charge on any atom is 0.321 e. The van der Waals surface area contributed by atoms with Crippen LogP contribution < -0.4 is 5.32 Å². The van der Waals surface area contributed by atoms with Gasteiger partial charge in [-0.25, -0.2) is 17.2 Å². The number of aryl methyl sites for hydroxylation is 1. The van der Waals surface area contributed by atoms with Crippen molar-refractivity contribution in [2.75, 3.05) is 25.5 Å². The highest BCUT2D eigenvalue weighted by atomic mass is 32.2. The average molecular weight is 412 g/mol. The summed E-state index contributed by atoms with van der Waals surface area (Å²) in [7, 11) is -2.71. The van der Waals surface area contributed by atoms with Gasteiger partial charge >= 0.3 is 5.97 Å². The van der Waals surface area contributed by atoms with Crippen molar-refractivity contribution in [2.24, 2.45) is 0 Å². The molecule has 0 aliphatic rings. The number of amides is 1. The van der Waals surface area contributed by atoms with Crippen molar-refractivity contribution in [3.63, 3.8) is 0 Å². The minimum atomic E-state index is -3.91. The van der Waals surface area contributed by atoms with E-state index >= 15 is 0 Å². The van der Waals surface area contributed by atoms with Gasteiger partial charge in [-0.05, 0) is 31.2 Å². The first-order valence-corrected chi connectivity index (χ1v) is 9.47.